The third kappa shape index (κ3) is 9.01. The topological polar surface area (TPSA) is 114 Å². The van der Waals surface area contributed by atoms with Crippen molar-refractivity contribution in [2.75, 3.05) is 0 Å². The quantitative estimate of drug-likeness (QED) is 0.241. The molecule has 0 spiro atoms. The molecule has 8 heavy (non-hydrogen) atoms. The number of nitrogens with zero attached hydrogens (tertiary/aromatic N) is 1. The van der Waals surface area contributed by atoms with E-state index in [4.69, 9.17) is 22.6 Å². The van der Waals surface area contributed by atoms with Crippen LogP contribution in [0.5, 0.6) is 0 Å². The van der Waals surface area contributed by atoms with Crippen LogP contribution in [0.2, 0.25) is 0 Å². The van der Waals surface area contributed by atoms with Gasteiger partial charge in [0.1, 0.15) is 0 Å². The first-order valence-corrected chi connectivity index (χ1v) is 1.56. The number of nitrogens with two attached hydrogens (primary N) is 3. The van der Waals surface area contributed by atoms with Gasteiger partial charge in [0.15, 0.2) is 5.96 Å². The third-order valence-corrected chi connectivity index (χ3v) is 0.250. The van der Waals surface area contributed by atoms with Crippen LogP contribution in [0.15, 0.2) is 4.99 Å². The standard InChI is InChI=1S/C2H7N5.V/c3-1(4)7-2(5)6;/h(H7,3,4,5,6,7);/q;+2. The molecule has 0 unspecified atom stereocenters. The summed E-state index contributed by atoms with van der Waals surface area (Å²) in [6, 6.07) is 0. The number of hydrogen-bond acceptors (Lipinski definition) is 1. The van der Waals surface area contributed by atoms with E-state index in [0.717, 1.165) is 0 Å². The van der Waals surface area contributed by atoms with Gasteiger partial charge in [0.05, 0.1) is 0 Å². The summed E-state index contributed by atoms with van der Waals surface area (Å²) in [5, 5.41) is 6.46. The number of hydrogen-bond donors (Lipinski definition) is 4. The fraction of sp³-hybridized carbons (Fsp3) is 0. The Morgan fingerprint density at radius 2 is 1.62 bits per heavy atom. The minimum Gasteiger partial charge on any atom is -0.370 e. The summed E-state index contributed by atoms with van der Waals surface area (Å²) in [5.74, 6) is -0.562. The van der Waals surface area contributed by atoms with E-state index in [1.165, 1.54) is 0 Å². The van der Waals surface area contributed by atoms with Crippen LogP contribution in [-0.2, 0) is 18.6 Å². The normalized spacial score (nSPS) is 6.50. The molecule has 0 aliphatic carbocycles. The molecule has 0 fully saturated rings. The zero-order valence-corrected chi connectivity index (χ0v) is 5.52. The molecule has 0 aromatic rings. The van der Waals surface area contributed by atoms with Crippen molar-refractivity contribution in [1.82, 2.24) is 0 Å². The fourth-order valence-electron chi connectivity index (χ4n) is 0.139. The average molecular weight is 152 g/mol. The van der Waals surface area contributed by atoms with Gasteiger partial charge in [-0.2, -0.15) is 4.99 Å². The van der Waals surface area contributed by atoms with Gasteiger partial charge in [0.25, 0.3) is 0 Å². The van der Waals surface area contributed by atoms with Crippen molar-refractivity contribution >= 4 is 11.9 Å². The van der Waals surface area contributed by atoms with Crippen LogP contribution in [0, 0.1) is 5.41 Å². The van der Waals surface area contributed by atoms with Gasteiger partial charge in [-0.1, -0.05) is 0 Å². The van der Waals surface area contributed by atoms with Crippen LogP contribution in [0.1, 0.15) is 0 Å². The van der Waals surface area contributed by atoms with Crippen molar-refractivity contribution < 1.29 is 18.6 Å². The van der Waals surface area contributed by atoms with Crippen LogP contribution >= 0.6 is 0 Å². The summed E-state index contributed by atoms with van der Waals surface area (Å²) in [6.07, 6.45) is 0. The monoisotopic (exact) mass is 152 g/mol. The van der Waals surface area contributed by atoms with Gasteiger partial charge in [-0.05, 0) is 0 Å². The molecular weight excluding hydrogens is 145 g/mol. The average Bonchev–Trinajstić information content (AvgIpc) is 1.27. The van der Waals surface area contributed by atoms with Crippen molar-refractivity contribution in [2.24, 2.45) is 22.2 Å². The van der Waals surface area contributed by atoms with E-state index in [2.05, 4.69) is 4.99 Å². The van der Waals surface area contributed by atoms with Crippen LogP contribution in [0.25, 0.3) is 0 Å². The Hall–Kier alpha value is -0.676. The van der Waals surface area contributed by atoms with E-state index < -0.39 is 0 Å². The molecular formula is C2H7N5V+2. The molecule has 0 bridgehead atoms. The molecule has 0 aromatic carbocycles. The first-order chi connectivity index (χ1) is 3.13. The molecule has 0 aliphatic heterocycles. The molecule has 0 amide bonds. The molecule has 0 saturated carbocycles. The largest absolute Gasteiger partial charge is 2.00 e. The predicted octanol–water partition coefficient (Wildman–Crippen LogP) is -1.85. The van der Waals surface area contributed by atoms with E-state index in [9.17, 15) is 0 Å². The summed E-state index contributed by atoms with van der Waals surface area (Å²) in [7, 11) is 0. The Bertz CT molecular complexity index is 103. The van der Waals surface area contributed by atoms with Crippen molar-refractivity contribution in [2.45, 2.75) is 0 Å². The number of aliphatic imine (C=N–C) groups is 1. The molecule has 5 nitrogen and oxygen atoms in total. The molecule has 0 atom stereocenters. The first-order valence-electron chi connectivity index (χ1n) is 1.56. The van der Waals surface area contributed by atoms with E-state index in [1.54, 1.807) is 0 Å². The van der Waals surface area contributed by atoms with Crippen molar-refractivity contribution in [3.05, 3.63) is 0 Å². The van der Waals surface area contributed by atoms with Crippen molar-refractivity contribution in [3.8, 4) is 0 Å². The van der Waals surface area contributed by atoms with Crippen LogP contribution in [-0.4, -0.2) is 11.9 Å². The van der Waals surface area contributed by atoms with E-state index in [-0.39, 0.29) is 30.5 Å². The zero-order valence-electron chi connectivity index (χ0n) is 4.13. The first kappa shape index (κ1) is 10.3. The molecule has 7 N–H and O–H groups in total. The molecule has 0 aliphatic rings. The van der Waals surface area contributed by atoms with Gasteiger partial charge in [-0.25, -0.2) is 0 Å². The van der Waals surface area contributed by atoms with Crippen molar-refractivity contribution in [3.63, 3.8) is 0 Å². The summed E-state index contributed by atoms with van der Waals surface area (Å²) in [5.41, 5.74) is 14.3. The molecule has 0 saturated heterocycles. The molecule has 43 valence electrons. The maximum atomic E-state index is 6.46. The third-order valence-electron chi connectivity index (χ3n) is 0.250. The van der Waals surface area contributed by atoms with Gasteiger partial charge in [0, 0.05) is 0 Å². The summed E-state index contributed by atoms with van der Waals surface area (Å²) < 4.78 is 0. The second-order valence-corrected chi connectivity index (χ2v) is 0.922. The van der Waals surface area contributed by atoms with Gasteiger partial charge < -0.3 is 17.2 Å². The summed E-state index contributed by atoms with van der Waals surface area (Å²) in [4.78, 5) is 3.11. The van der Waals surface area contributed by atoms with Gasteiger partial charge in [-0.3, -0.25) is 5.41 Å². The maximum Gasteiger partial charge on any atom is 2.00 e. The zero-order chi connectivity index (χ0) is 5.86. The molecule has 6 heteroatoms. The Balaban J connectivity index is 0. The van der Waals surface area contributed by atoms with Crippen LogP contribution < -0.4 is 17.2 Å². The van der Waals surface area contributed by atoms with Crippen LogP contribution in [0.4, 0.5) is 0 Å². The summed E-state index contributed by atoms with van der Waals surface area (Å²) in [6.45, 7) is 0. The predicted molar refractivity (Wildman–Crippen MR) is 27.7 cm³/mol. The Morgan fingerprint density at radius 1 is 1.25 bits per heavy atom. The Morgan fingerprint density at radius 3 is 1.62 bits per heavy atom. The van der Waals surface area contributed by atoms with Gasteiger partial charge in [-0.15, -0.1) is 0 Å². The van der Waals surface area contributed by atoms with E-state index in [0.29, 0.717) is 0 Å². The second-order valence-electron chi connectivity index (χ2n) is 0.922. The molecule has 0 aromatic heterocycles. The smallest absolute Gasteiger partial charge is 0.370 e. The van der Waals surface area contributed by atoms with Crippen molar-refractivity contribution in [1.29, 1.82) is 5.41 Å². The summed E-state index contributed by atoms with van der Waals surface area (Å²) >= 11 is 0. The fourth-order valence-corrected chi connectivity index (χ4v) is 0.139. The number of rotatable bonds is 0. The minimum atomic E-state index is -0.375. The van der Waals surface area contributed by atoms with Gasteiger partial charge in [0.2, 0.25) is 5.96 Å². The van der Waals surface area contributed by atoms with Gasteiger partial charge >= 0.3 is 18.6 Å². The number of nitrogens with one attached hydrogen (secondary N) is 1. The molecule has 0 heterocycles. The Labute approximate surface area is 58.7 Å². The minimum absolute atomic E-state index is 0. The number of guanidine groups is 2. The van der Waals surface area contributed by atoms with E-state index >= 15 is 0 Å². The van der Waals surface area contributed by atoms with E-state index in [1.807, 2.05) is 0 Å². The Kier molecular flexibility index (Phi) is 5.79. The molecule has 0 rings (SSSR count). The van der Waals surface area contributed by atoms with Crippen LogP contribution in [0.3, 0.4) is 0 Å². The maximum absolute atomic E-state index is 6.46. The second kappa shape index (κ2) is 4.48. The SMILES string of the molecule is N=C(N)N=C(N)N.[V+2]. The molecule has 1 radical (unpaired) electrons.